The van der Waals surface area contributed by atoms with Gasteiger partial charge < -0.3 is 15.2 Å². The van der Waals surface area contributed by atoms with E-state index >= 15 is 0 Å². The van der Waals surface area contributed by atoms with E-state index in [2.05, 4.69) is 57.1 Å². The molecular weight excluding hydrogens is 378 g/mol. The molecule has 0 aliphatic carbocycles. The lowest BCUT2D eigenvalue weighted by Crippen LogP contribution is -2.26. The molecule has 1 aromatic carbocycles. The number of carbonyl (C=O) groups is 1. The standard InChI is InChI=1S/C22H27N7O/c1-15(2)29-14-24-28-21(29)19-4-3-5-20(26-19)27-22(30)25-18-8-6-16(7-9-18)17-10-12-23-13-11-17/h3-9,14-15,17,23H,10-13H2,1-2H3,(H2,25,26,27,30). The number of rotatable bonds is 5. The smallest absolute Gasteiger partial charge is 0.317 e. The van der Waals surface area contributed by atoms with E-state index in [1.807, 2.05) is 28.8 Å². The third-order valence-corrected chi connectivity index (χ3v) is 5.33. The number of hydrogen-bond acceptors (Lipinski definition) is 5. The van der Waals surface area contributed by atoms with E-state index in [-0.39, 0.29) is 12.1 Å². The van der Waals surface area contributed by atoms with E-state index in [1.54, 1.807) is 12.4 Å². The summed E-state index contributed by atoms with van der Waals surface area (Å²) < 4.78 is 1.94. The fourth-order valence-corrected chi connectivity index (χ4v) is 3.71. The molecule has 0 bridgehead atoms. The SMILES string of the molecule is CC(C)n1cnnc1-c1cccc(NC(=O)Nc2ccc(C3CCNCC3)cc2)n1. The van der Waals surface area contributed by atoms with Crippen LogP contribution in [0.4, 0.5) is 16.3 Å². The monoisotopic (exact) mass is 405 g/mol. The van der Waals surface area contributed by atoms with Crippen molar-refractivity contribution in [1.82, 2.24) is 25.1 Å². The molecule has 8 nitrogen and oxygen atoms in total. The number of urea groups is 1. The predicted octanol–water partition coefficient (Wildman–Crippen LogP) is 4.03. The Morgan fingerprint density at radius 3 is 2.60 bits per heavy atom. The van der Waals surface area contributed by atoms with Crippen LogP contribution in [0.25, 0.3) is 11.5 Å². The van der Waals surface area contributed by atoms with Gasteiger partial charge >= 0.3 is 6.03 Å². The summed E-state index contributed by atoms with van der Waals surface area (Å²) in [5, 5.41) is 17.2. The first-order chi connectivity index (χ1) is 14.6. The Hall–Kier alpha value is -3.26. The lowest BCUT2D eigenvalue weighted by Gasteiger charge is -2.23. The van der Waals surface area contributed by atoms with Crippen LogP contribution in [0.1, 0.15) is 44.2 Å². The second kappa shape index (κ2) is 9.04. The van der Waals surface area contributed by atoms with Crippen molar-refractivity contribution in [2.24, 2.45) is 0 Å². The predicted molar refractivity (Wildman–Crippen MR) is 118 cm³/mol. The van der Waals surface area contributed by atoms with Gasteiger partial charge in [0.05, 0.1) is 0 Å². The van der Waals surface area contributed by atoms with E-state index < -0.39 is 0 Å². The Morgan fingerprint density at radius 1 is 1.10 bits per heavy atom. The molecule has 2 aromatic heterocycles. The van der Waals surface area contributed by atoms with Gasteiger partial charge in [0.1, 0.15) is 17.8 Å². The van der Waals surface area contributed by atoms with Crippen LogP contribution in [0, 0.1) is 0 Å². The number of anilines is 2. The number of amides is 2. The third kappa shape index (κ3) is 4.65. The minimum Gasteiger partial charge on any atom is -0.317 e. The number of nitrogens with zero attached hydrogens (tertiary/aromatic N) is 4. The van der Waals surface area contributed by atoms with Crippen LogP contribution in [0.15, 0.2) is 48.8 Å². The summed E-state index contributed by atoms with van der Waals surface area (Å²) in [5.41, 5.74) is 2.73. The molecule has 0 atom stereocenters. The molecule has 30 heavy (non-hydrogen) atoms. The van der Waals surface area contributed by atoms with Crippen molar-refractivity contribution in [1.29, 1.82) is 0 Å². The van der Waals surface area contributed by atoms with Crippen LogP contribution < -0.4 is 16.0 Å². The molecule has 1 saturated heterocycles. The molecule has 3 N–H and O–H groups in total. The molecule has 3 heterocycles. The molecule has 1 fully saturated rings. The second-order valence-electron chi connectivity index (χ2n) is 7.79. The molecule has 4 rings (SSSR count). The Kier molecular flexibility index (Phi) is 6.04. The molecule has 1 aliphatic rings. The van der Waals surface area contributed by atoms with Crippen LogP contribution in [-0.4, -0.2) is 38.9 Å². The quantitative estimate of drug-likeness (QED) is 0.595. The summed E-state index contributed by atoms with van der Waals surface area (Å²) in [6.45, 7) is 6.23. The molecule has 156 valence electrons. The highest BCUT2D eigenvalue weighted by Crippen LogP contribution is 2.26. The Balaban J connectivity index is 1.40. The zero-order valence-corrected chi connectivity index (χ0v) is 17.3. The maximum atomic E-state index is 12.4. The van der Waals surface area contributed by atoms with Gasteiger partial charge in [0.2, 0.25) is 0 Å². The van der Waals surface area contributed by atoms with E-state index in [0.29, 0.717) is 23.3 Å². The molecule has 8 heteroatoms. The van der Waals surface area contributed by atoms with Gasteiger partial charge in [-0.15, -0.1) is 10.2 Å². The molecule has 0 saturated carbocycles. The topological polar surface area (TPSA) is 96.8 Å². The number of nitrogens with one attached hydrogen (secondary N) is 3. The van der Waals surface area contributed by atoms with E-state index in [9.17, 15) is 4.79 Å². The Morgan fingerprint density at radius 2 is 1.87 bits per heavy atom. The number of benzene rings is 1. The molecule has 0 spiro atoms. The van der Waals surface area contributed by atoms with Crippen LogP contribution >= 0.6 is 0 Å². The molecule has 3 aromatic rings. The van der Waals surface area contributed by atoms with Gasteiger partial charge in [-0.3, -0.25) is 5.32 Å². The van der Waals surface area contributed by atoms with E-state index in [4.69, 9.17) is 0 Å². The average molecular weight is 406 g/mol. The number of hydrogen-bond donors (Lipinski definition) is 3. The molecule has 1 aliphatic heterocycles. The van der Waals surface area contributed by atoms with Gasteiger partial charge in [-0.25, -0.2) is 9.78 Å². The van der Waals surface area contributed by atoms with E-state index in [0.717, 1.165) is 31.6 Å². The number of aromatic nitrogens is 4. The molecule has 0 radical (unpaired) electrons. The van der Waals surface area contributed by atoms with Crippen LogP contribution in [0.5, 0.6) is 0 Å². The highest BCUT2D eigenvalue weighted by Gasteiger charge is 2.15. The first-order valence-corrected chi connectivity index (χ1v) is 10.4. The van der Waals surface area contributed by atoms with Crippen molar-refractivity contribution in [3.8, 4) is 11.5 Å². The lowest BCUT2D eigenvalue weighted by atomic mass is 9.90. The average Bonchev–Trinajstić information content (AvgIpc) is 3.25. The molecular formula is C22H27N7O. The first-order valence-electron chi connectivity index (χ1n) is 10.4. The summed E-state index contributed by atoms with van der Waals surface area (Å²) in [7, 11) is 0. The fourth-order valence-electron chi connectivity index (χ4n) is 3.71. The first kappa shape index (κ1) is 20.0. The van der Waals surface area contributed by atoms with Crippen molar-refractivity contribution in [3.63, 3.8) is 0 Å². The molecule has 0 unspecified atom stereocenters. The fraction of sp³-hybridized carbons (Fsp3) is 0.364. The largest absolute Gasteiger partial charge is 0.324 e. The maximum Gasteiger partial charge on any atom is 0.324 e. The van der Waals surface area contributed by atoms with Gasteiger partial charge in [0.25, 0.3) is 0 Å². The van der Waals surface area contributed by atoms with Crippen molar-refractivity contribution < 1.29 is 4.79 Å². The summed E-state index contributed by atoms with van der Waals surface area (Å²) >= 11 is 0. The van der Waals surface area contributed by atoms with Crippen molar-refractivity contribution in [2.75, 3.05) is 23.7 Å². The number of carbonyl (C=O) groups excluding carboxylic acids is 1. The summed E-state index contributed by atoms with van der Waals surface area (Å²) in [6, 6.07) is 13.4. The minimum absolute atomic E-state index is 0.213. The highest BCUT2D eigenvalue weighted by molar-refractivity contribution is 5.99. The summed E-state index contributed by atoms with van der Waals surface area (Å²) in [5.74, 6) is 1.71. The second-order valence-corrected chi connectivity index (χ2v) is 7.79. The van der Waals surface area contributed by atoms with Gasteiger partial charge in [0.15, 0.2) is 5.82 Å². The van der Waals surface area contributed by atoms with Gasteiger partial charge in [0, 0.05) is 11.7 Å². The van der Waals surface area contributed by atoms with E-state index in [1.165, 1.54) is 5.56 Å². The number of piperidine rings is 1. The highest BCUT2D eigenvalue weighted by atomic mass is 16.2. The summed E-state index contributed by atoms with van der Waals surface area (Å²) in [4.78, 5) is 17.0. The Labute approximate surface area is 176 Å². The van der Waals surface area contributed by atoms with Gasteiger partial charge in [-0.2, -0.15) is 0 Å². The van der Waals surface area contributed by atoms with Crippen molar-refractivity contribution in [3.05, 3.63) is 54.4 Å². The normalized spacial score (nSPS) is 14.6. The maximum absolute atomic E-state index is 12.4. The van der Waals surface area contributed by atoms with Gasteiger partial charge in [-0.1, -0.05) is 18.2 Å². The van der Waals surface area contributed by atoms with Gasteiger partial charge in [-0.05, 0) is 75.5 Å². The van der Waals surface area contributed by atoms with Crippen LogP contribution in [0.2, 0.25) is 0 Å². The summed E-state index contributed by atoms with van der Waals surface area (Å²) in [6.07, 6.45) is 3.99. The lowest BCUT2D eigenvalue weighted by molar-refractivity contribution is 0.262. The number of pyridine rings is 1. The van der Waals surface area contributed by atoms with Crippen molar-refractivity contribution in [2.45, 2.75) is 38.6 Å². The Bertz CT molecular complexity index is 991. The van der Waals surface area contributed by atoms with Crippen molar-refractivity contribution >= 4 is 17.5 Å². The minimum atomic E-state index is -0.334. The van der Waals surface area contributed by atoms with Crippen LogP contribution in [-0.2, 0) is 0 Å². The zero-order valence-electron chi connectivity index (χ0n) is 17.3. The molecule has 2 amide bonds. The third-order valence-electron chi connectivity index (χ3n) is 5.33. The zero-order chi connectivity index (χ0) is 20.9. The van der Waals surface area contributed by atoms with Crippen LogP contribution in [0.3, 0.4) is 0 Å².